The van der Waals surface area contributed by atoms with Gasteiger partial charge in [-0.3, -0.25) is 4.79 Å². The van der Waals surface area contributed by atoms with Crippen LogP contribution in [0.2, 0.25) is 10.0 Å². The second-order valence-electron chi connectivity index (χ2n) is 5.17. The number of carbonyl (C=O) groups excluding carboxylic acids is 1. The lowest BCUT2D eigenvalue weighted by Crippen LogP contribution is -2.25. The third kappa shape index (κ3) is 4.71. The monoisotopic (exact) mass is 383 g/mol. The highest BCUT2D eigenvalue weighted by Gasteiger charge is 2.13. The fourth-order valence-corrected chi connectivity index (χ4v) is 2.99. The lowest BCUT2D eigenvalue weighted by atomic mass is 10.1. The molecule has 0 spiro atoms. The molecule has 1 amide bonds. The SMILES string of the molecule is COc1ccc(CCNC(=O)c2cc(Cl)c(OC)c(Cl)c2)cc1OC. The molecule has 1 N–H and O–H groups in total. The number of methoxy groups -OCH3 is 3. The summed E-state index contributed by atoms with van der Waals surface area (Å²) < 4.78 is 15.5. The van der Waals surface area contributed by atoms with Crippen LogP contribution in [0, 0.1) is 0 Å². The van der Waals surface area contributed by atoms with E-state index in [1.165, 1.54) is 19.2 Å². The van der Waals surface area contributed by atoms with Crippen molar-refractivity contribution in [3.05, 3.63) is 51.5 Å². The smallest absolute Gasteiger partial charge is 0.251 e. The number of halogens is 2. The lowest BCUT2D eigenvalue weighted by Gasteiger charge is -2.11. The largest absolute Gasteiger partial charge is 0.494 e. The van der Waals surface area contributed by atoms with E-state index >= 15 is 0 Å². The first kappa shape index (κ1) is 19.2. The number of ether oxygens (including phenoxy) is 3. The molecule has 5 nitrogen and oxygen atoms in total. The first-order valence-corrected chi connectivity index (χ1v) is 8.27. The highest BCUT2D eigenvalue weighted by Crippen LogP contribution is 2.33. The third-order valence-corrected chi connectivity index (χ3v) is 4.17. The van der Waals surface area contributed by atoms with Crippen LogP contribution in [0.1, 0.15) is 15.9 Å². The number of nitrogens with one attached hydrogen (secondary N) is 1. The zero-order valence-electron chi connectivity index (χ0n) is 14.2. The van der Waals surface area contributed by atoms with E-state index in [2.05, 4.69) is 5.32 Å². The first-order valence-electron chi connectivity index (χ1n) is 7.52. The van der Waals surface area contributed by atoms with E-state index in [0.717, 1.165) is 5.56 Å². The Morgan fingerprint density at radius 3 is 2.16 bits per heavy atom. The van der Waals surface area contributed by atoms with Gasteiger partial charge in [0.1, 0.15) is 0 Å². The van der Waals surface area contributed by atoms with Crippen molar-refractivity contribution < 1.29 is 19.0 Å². The van der Waals surface area contributed by atoms with E-state index in [1.54, 1.807) is 14.2 Å². The Bertz CT molecular complexity index is 742. The third-order valence-electron chi connectivity index (χ3n) is 3.61. The number of carbonyl (C=O) groups is 1. The van der Waals surface area contributed by atoms with Crippen LogP contribution in [-0.4, -0.2) is 33.8 Å². The highest BCUT2D eigenvalue weighted by atomic mass is 35.5. The zero-order valence-corrected chi connectivity index (χ0v) is 15.7. The standard InChI is InChI=1S/C18H19Cl2NO4/c1-23-15-5-4-11(8-16(15)24-2)6-7-21-18(22)12-9-13(19)17(25-3)14(20)10-12/h4-5,8-10H,6-7H2,1-3H3,(H,21,22). The van der Waals surface area contributed by atoms with Gasteiger partial charge < -0.3 is 19.5 Å². The van der Waals surface area contributed by atoms with Gasteiger partial charge in [0, 0.05) is 12.1 Å². The van der Waals surface area contributed by atoms with Crippen LogP contribution < -0.4 is 19.5 Å². The summed E-state index contributed by atoms with van der Waals surface area (Å²) in [5.74, 6) is 1.41. The highest BCUT2D eigenvalue weighted by molar-refractivity contribution is 6.37. The van der Waals surface area contributed by atoms with Crippen molar-refractivity contribution in [1.29, 1.82) is 0 Å². The van der Waals surface area contributed by atoms with E-state index in [0.29, 0.717) is 45.8 Å². The molecule has 0 saturated heterocycles. The molecule has 0 aliphatic heterocycles. The Hall–Kier alpha value is -2.11. The van der Waals surface area contributed by atoms with Crippen molar-refractivity contribution in [2.45, 2.75) is 6.42 Å². The van der Waals surface area contributed by atoms with Crippen LogP contribution in [0.4, 0.5) is 0 Å². The molecule has 2 aromatic carbocycles. The summed E-state index contributed by atoms with van der Waals surface area (Å²) in [6, 6.07) is 8.69. The average molecular weight is 384 g/mol. The predicted molar refractivity (Wildman–Crippen MR) is 98.6 cm³/mol. The van der Waals surface area contributed by atoms with Crippen LogP contribution in [-0.2, 0) is 6.42 Å². The molecule has 0 saturated carbocycles. The van der Waals surface area contributed by atoms with E-state index < -0.39 is 0 Å². The van der Waals surface area contributed by atoms with Crippen molar-refractivity contribution in [3.8, 4) is 17.2 Å². The van der Waals surface area contributed by atoms with Crippen LogP contribution >= 0.6 is 23.2 Å². The fraction of sp³-hybridized carbons (Fsp3) is 0.278. The van der Waals surface area contributed by atoms with Crippen molar-refractivity contribution in [3.63, 3.8) is 0 Å². The van der Waals surface area contributed by atoms with Crippen molar-refractivity contribution in [2.75, 3.05) is 27.9 Å². The average Bonchev–Trinajstić information content (AvgIpc) is 2.61. The van der Waals surface area contributed by atoms with Crippen LogP contribution in [0.3, 0.4) is 0 Å². The van der Waals surface area contributed by atoms with E-state index in [4.69, 9.17) is 37.4 Å². The molecule has 0 heterocycles. The van der Waals surface area contributed by atoms with E-state index in [9.17, 15) is 4.79 Å². The number of benzene rings is 2. The molecular weight excluding hydrogens is 365 g/mol. The van der Waals surface area contributed by atoms with Crippen LogP contribution in [0.25, 0.3) is 0 Å². The Morgan fingerprint density at radius 1 is 0.960 bits per heavy atom. The van der Waals surface area contributed by atoms with E-state index in [-0.39, 0.29) is 5.91 Å². The minimum atomic E-state index is -0.257. The molecule has 0 aromatic heterocycles. The maximum atomic E-state index is 12.2. The quantitative estimate of drug-likeness (QED) is 0.784. The van der Waals surface area contributed by atoms with Crippen LogP contribution in [0.5, 0.6) is 17.2 Å². The lowest BCUT2D eigenvalue weighted by molar-refractivity contribution is 0.0954. The molecule has 0 aliphatic rings. The number of hydrogen-bond acceptors (Lipinski definition) is 4. The zero-order chi connectivity index (χ0) is 18.4. The number of rotatable bonds is 7. The predicted octanol–water partition coefficient (Wildman–Crippen LogP) is 3.99. The Labute approximate surface area is 156 Å². The molecule has 25 heavy (non-hydrogen) atoms. The van der Waals surface area contributed by atoms with Gasteiger partial charge in [0.25, 0.3) is 5.91 Å². The van der Waals surface area contributed by atoms with Gasteiger partial charge in [-0.1, -0.05) is 29.3 Å². The summed E-state index contributed by atoms with van der Waals surface area (Å²) in [4.78, 5) is 12.2. The Kier molecular flexibility index (Phi) is 6.79. The molecule has 2 aromatic rings. The molecule has 0 unspecified atom stereocenters. The number of hydrogen-bond donors (Lipinski definition) is 1. The van der Waals surface area contributed by atoms with Crippen molar-refractivity contribution in [2.24, 2.45) is 0 Å². The molecule has 134 valence electrons. The summed E-state index contributed by atoms with van der Waals surface area (Å²) in [5, 5.41) is 3.42. The second-order valence-corrected chi connectivity index (χ2v) is 5.98. The Balaban J connectivity index is 1.99. The van der Waals surface area contributed by atoms with Crippen LogP contribution in [0.15, 0.2) is 30.3 Å². The molecule has 0 aliphatic carbocycles. The maximum absolute atomic E-state index is 12.2. The van der Waals surface area contributed by atoms with Gasteiger partial charge in [-0.05, 0) is 36.2 Å². The number of amides is 1. The maximum Gasteiger partial charge on any atom is 0.251 e. The summed E-state index contributed by atoms with van der Waals surface area (Å²) >= 11 is 12.1. The summed E-state index contributed by atoms with van der Waals surface area (Å²) in [6.45, 7) is 0.454. The van der Waals surface area contributed by atoms with Crippen molar-refractivity contribution >= 4 is 29.1 Å². The molecule has 0 atom stereocenters. The van der Waals surface area contributed by atoms with Gasteiger partial charge in [-0.15, -0.1) is 0 Å². The van der Waals surface area contributed by atoms with Gasteiger partial charge in [-0.2, -0.15) is 0 Å². The summed E-state index contributed by atoms with van der Waals surface area (Å²) in [7, 11) is 4.64. The Morgan fingerprint density at radius 2 is 1.60 bits per heavy atom. The van der Waals surface area contributed by atoms with Crippen molar-refractivity contribution in [1.82, 2.24) is 5.32 Å². The molecule has 0 bridgehead atoms. The molecular formula is C18H19Cl2NO4. The molecule has 7 heteroatoms. The topological polar surface area (TPSA) is 56.8 Å². The van der Waals surface area contributed by atoms with E-state index in [1.807, 2.05) is 18.2 Å². The van der Waals surface area contributed by atoms with Gasteiger partial charge in [-0.25, -0.2) is 0 Å². The molecule has 0 radical (unpaired) electrons. The summed E-state index contributed by atoms with van der Waals surface area (Å²) in [6.07, 6.45) is 0.643. The first-order chi connectivity index (χ1) is 12.0. The normalized spacial score (nSPS) is 10.3. The minimum absolute atomic E-state index is 0.257. The van der Waals surface area contributed by atoms with Gasteiger partial charge in [0.05, 0.1) is 31.4 Å². The molecule has 2 rings (SSSR count). The van der Waals surface area contributed by atoms with Gasteiger partial charge in [0.2, 0.25) is 0 Å². The fourth-order valence-electron chi connectivity index (χ4n) is 2.34. The minimum Gasteiger partial charge on any atom is -0.494 e. The second kappa shape index (κ2) is 8.83. The molecule has 0 fully saturated rings. The van der Waals surface area contributed by atoms with Gasteiger partial charge in [0.15, 0.2) is 17.2 Å². The summed E-state index contributed by atoms with van der Waals surface area (Å²) in [5.41, 5.74) is 1.40. The van der Waals surface area contributed by atoms with Gasteiger partial charge >= 0.3 is 0 Å².